The molecule has 1 amide bonds. The van der Waals surface area contributed by atoms with Gasteiger partial charge in [-0.1, -0.05) is 19.4 Å². The lowest BCUT2D eigenvalue weighted by Crippen LogP contribution is -2.45. The monoisotopic (exact) mass is 298 g/mol. The van der Waals surface area contributed by atoms with Crippen molar-refractivity contribution in [2.75, 3.05) is 26.2 Å². The van der Waals surface area contributed by atoms with Gasteiger partial charge in [-0.3, -0.25) is 9.69 Å². The van der Waals surface area contributed by atoms with Crippen LogP contribution in [0.25, 0.3) is 0 Å². The third kappa shape index (κ3) is 3.12. The summed E-state index contributed by atoms with van der Waals surface area (Å²) in [6.45, 7) is 6.50. The van der Waals surface area contributed by atoms with Crippen LogP contribution in [0.5, 0.6) is 0 Å². The fraction of sp³-hybridized carbons (Fsp3) is 0.588. The third-order valence-electron chi connectivity index (χ3n) is 4.68. The largest absolute Gasteiger partial charge is 0.336 e. The molecule has 0 aliphatic carbocycles. The highest BCUT2D eigenvalue weighted by atomic mass is 16.2. The number of amides is 1. The van der Waals surface area contributed by atoms with Crippen molar-refractivity contribution in [2.24, 2.45) is 11.8 Å². The maximum atomic E-state index is 12.5. The first-order valence-corrected chi connectivity index (χ1v) is 8.06. The van der Waals surface area contributed by atoms with Crippen LogP contribution < -0.4 is 0 Å². The molecule has 0 N–H and O–H groups in total. The summed E-state index contributed by atoms with van der Waals surface area (Å²) in [5, 5.41) is 8.95. The molecule has 3 heterocycles. The molecule has 2 aliphatic rings. The Morgan fingerprint density at radius 3 is 2.91 bits per heavy atom. The van der Waals surface area contributed by atoms with Crippen molar-refractivity contribution >= 4 is 5.91 Å². The zero-order valence-electron chi connectivity index (χ0n) is 13.0. The molecule has 116 valence electrons. The number of carbonyl (C=O) groups excluding carboxylic acids is 1. The fourth-order valence-electron chi connectivity index (χ4n) is 3.19. The molecule has 22 heavy (non-hydrogen) atoms. The molecule has 1 aromatic heterocycles. The highest BCUT2D eigenvalue weighted by Crippen LogP contribution is 2.21. The minimum atomic E-state index is -0.0466. The molecular formula is C17H22N4O. The van der Waals surface area contributed by atoms with Gasteiger partial charge in [0.1, 0.15) is 5.69 Å². The summed E-state index contributed by atoms with van der Waals surface area (Å²) < 4.78 is 0. The van der Waals surface area contributed by atoms with Crippen LogP contribution in [0.2, 0.25) is 0 Å². The Bertz CT molecular complexity index is 589. The van der Waals surface area contributed by atoms with Crippen molar-refractivity contribution < 1.29 is 4.79 Å². The second-order valence-corrected chi connectivity index (χ2v) is 6.35. The number of hydrogen-bond donors (Lipinski definition) is 0. The van der Waals surface area contributed by atoms with Gasteiger partial charge in [0, 0.05) is 32.7 Å². The molecule has 3 rings (SSSR count). The molecule has 5 heteroatoms. The molecule has 1 atom stereocenters. The van der Waals surface area contributed by atoms with Crippen LogP contribution in [0.15, 0.2) is 18.2 Å². The summed E-state index contributed by atoms with van der Waals surface area (Å²) in [5.41, 5.74) is 1.46. The van der Waals surface area contributed by atoms with Crippen molar-refractivity contribution in [3.05, 3.63) is 29.6 Å². The average molecular weight is 298 g/mol. The van der Waals surface area contributed by atoms with E-state index in [1.807, 2.05) is 12.1 Å². The zero-order chi connectivity index (χ0) is 15.5. The van der Waals surface area contributed by atoms with E-state index in [-0.39, 0.29) is 11.8 Å². The van der Waals surface area contributed by atoms with Gasteiger partial charge in [0.2, 0.25) is 0 Å². The molecule has 0 spiro atoms. The molecular weight excluding hydrogens is 276 g/mol. The molecule has 1 aromatic rings. The first-order valence-electron chi connectivity index (χ1n) is 8.06. The third-order valence-corrected chi connectivity index (χ3v) is 4.68. The Hall–Kier alpha value is -1.93. The van der Waals surface area contributed by atoms with Gasteiger partial charge in [0.05, 0.1) is 17.7 Å². The topological polar surface area (TPSA) is 60.2 Å². The lowest BCUT2D eigenvalue weighted by atomic mass is 9.97. The first kappa shape index (κ1) is 15.0. The lowest BCUT2D eigenvalue weighted by molar-refractivity contribution is 0.0778. The maximum absolute atomic E-state index is 12.5. The van der Waals surface area contributed by atoms with E-state index in [4.69, 9.17) is 5.26 Å². The SMILES string of the molecule is CCC1CN(Cc2cccc(C(=O)N3CCC(C#N)C3)n2)C1. The number of pyridine rings is 1. The van der Waals surface area contributed by atoms with E-state index in [1.165, 1.54) is 6.42 Å². The van der Waals surface area contributed by atoms with Crippen LogP contribution in [0.3, 0.4) is 0 Å². The van der Waals surface area contributed by atoms with E-state index < -0.39 is 0 Å². The number of carbonyl (C=O) groups is 1. The molecule has 0 aromatic carbocycles. The summed E-state index contributed by atoms with van der Waals surface area (Å²) >= 11 is 0. The normalized spacial score (nSPS) is 22.4. The number of nitrogens with zero attached hydrogens (tertiary/aromatic N) is 4. The standard InChI is InChI=1S/C17H22N4O/c1-2-13-9-20(10-13)12-15-4-3-5-16(19-15)17(22)21-7-6-14(8-18)11-21/h3-5,13-14H,2,6-7,9-12H2,1H3. The van der Waals surface area contributed by atoms with Crippen LogP contribution in [-0.4, -0.2) is 46.9 Å². The van der Waals surface area contributed by atoms with Crippen molar-refractivity contribution in [1.29, 1.82) is 5.26 Å². The molecule has 5 nitrogen and oxygen atoms in total. The van der Waals surface area contributed by atoms with Gasteiger partial charge in [0.15, 0.2) is 0 Å². The van der Waals surface area contributed by atoms with Crippen LogP contribution in [0.1, 0.15) is 35.9 Å². The second kappa shape index (κ2) is 6.45. The molecule has 0 bridgehead atoms. The van der Waals surface area contributed by atoms with E-state index in [9.17, 15) is 4.79 Å². The lowest BCUT2D eigenvalue weighted by Gasteiger charge is -2.38. The Labute approximate surface area is 131 Å². The van der Waals surface area contributed by atoms with Gasteiger partial charge in [-0.05, 0) is 24.5 Å². The smallest absolute Gasteiger partial charge is 0.272 e. The highest BCUT2D eigenvalue weighted by molar-refractivity contribution is 5.92. The summed E-state index contributed by atoms with van der Waals surface area (Å²) in [7, 11) is 0. The van der Waals surface area contributed by atoms with E-state index in [1.54, 1.807) is 11.0 Å². The van der Waals surface area contributed by atoms with E-state index in [0.717, 1.165) is 37.7 Å². The van der Waals surface area contributed by atoms with E-state index >= 15 is 0 Å². The first-order chi connectivity index (χ1) is 10.7. The van der Waals surface area contributed by atoms with Gasteiger partial charge in [0.25, 0.3) is 5.91 Å². The van der Waals surface area contributed by atoms with E-state index in [0.29, 0.717) is 18.8 Å². The van der Waals surface area contributed by atoms with Crippen LogP contribution >= 0.6 is 0 Å². The summed E-state index contributed by atoms with van der Waals surface area (Å²) in [6.07, 6.45) is 2.01. The van der Waals surface area contributed by atoms with Gasteiger partial charge in [-0.2, -0.15) is 5.26 Å². The van der Waals surface area contributed by atoms with Crippen LogP contribution in [-0.2, 0) is 6.54 Å². The van der Waals surface area contributed by atoms with Crippen molar-refractivity contribution in [3.63, 3.8) is 0 Å². The Morgan fingerprint density at radius 1 is 1.41 bits per heavy atom. The van der Waals surface area contributed by atoms with Gasteiger partial charge in [-0.25, -0.2) is 4.98 Å². The highest BCUT2D eigenvalue weighted by Gasteiger charge is 2.28. The van der Waals surface area contributed by atoms with Gasteiger partial charge < -0.3 is 4.90 Å². The molecule has 0 radical (unpaired) electrons. The quantitative estimate of drug-likeness (QED) is 0.852. The Balaban J connectivity index is 1.61. The molecule has 2 saturated heterocycles. The molecule has 0 saturated carbocycles. The predicted molar refractivity (Wildman–Crippen MR) is 82.9 cm³/mol. The Morgan fingerprint density at radius 2 is 2.23 bits per heavy atom. The number of rotatable bonds is 4. The summed E-state index contributed by atoms with van der Waals surface area (Å²) in [4.78, 5) is 21.1. The maximum Gasteiger partial charge on any atom is 0.272 e. The van der Waals surface area contributed by atoms with Crippen molar-refractivity contribution in [2.45, 2.75) is 26.3 Å². The van der Waals surface area contributed by atoms with Crippen molar-refractivity contribution in [3.8, 4) is 6.07 Å². The predicted octanol–water partition coefficient (Wildman–Crippen LogP) is 1.91. The zero-order valence-corrected chi connectivity index (χ0v) is 13.0. The minimum Gasteiger partial charge on any atom is -0.336 e. The van der Waals surface area contributed by atoms with Crippen LogP contribution in [0.4, 0.5) is 0 Å². The summed E-state index contributed by atoms with van der Waals surface area (Å²) in [6, 6.07) is 7.91. The number of nitriles is 1. The molecule has 1 unspecified atom stereocenters. The Kier molecular flexibility index (Phi) is 4.39. The number of hydrogen-bond acceptors (Lipinski definition) is 4. The summed E-state index contributed by atoms with van der Waals surface area (Å²) in [5.74, 6) is 0.742. The van der Waals surface area contributed by atoms with E-state index in [2.05, 4.69) is 22.9 Å². The fourth-order valence-corrected chi connectivity index (χ4v) is 3.19. The van der Waals surface area contributed by atoms with Crippen molar-refractivity contribution in [1.82, 2.24) is 14.8 Å². The minimum absolute atomic E-state index is 0.0285. The van der Waals surface area contributed by atoms with Gasteiger partial charge >= 0.3 is 0 Å². The second-order valence-electron chi connectivity index (χ2n) is 6.35. The van der Waals surface area contributed by atoms with Gasteiger partial charge in [-0.15, -0.1) is 0 Å². The molecule has 2 fully saturated rings. The number of aromatic nitrogens is 1. The number of likely N-dealkylation sites (tertiary alicyclic amines) is 2. The average Bonchev–Trinajstić information content (AvgIpc) is 2.99. The molecule has 2 aliphatic heterocycles. The van der Waals surface area contributed by atoms with Crippen LogP contribution in [0, 0.1) is 23.2 Å².